The van der Waals surface area contributed by atoms with Crippen LogP contribution in [0.15, 0.2) is 48.5 Å². The van der Waals surface area contributed by atoms with Gasteiger partial charge in [-0.3, -0.25) is 20.2 Å². The summed E-state index contributed by atoms with van der Waals surface area (Å²) in [5.74, 6) is -0.988. The Balaban J connectivity index is 0. The number of anilines is 2. The van der Waals surface area contributed by atoms with Crippen molar-refractivity contribution in [3.05, 3.63) is 79.9 Å². The van der Waals surface area contributed by atoms with Gasteiger partial charge in [0.05, 0.1) is 5.56 Å². The number of aryl methyl sites for hydroxylation is 1. The zero-order chi connectivity index (χ0) is 20.7. The average molecular weight is 366 g/mol. The topological polar surface area (TPSA) is 176 Å². The van der Waals surface area contributed by atoms with Gasteiger partial charge in [0, 0.05) is 21.2 Å². The van der Waals surface area contributed by atoms with Crippen LogP contribution in [-0.2, 0) is 0 Å². The van der Waals surface area contributed by atoms with E-state index < -0.39 is 15.8 Å². The van der Waals surface area contributed by atoms with Gasteiger partial charge in [-0.2, -0.15) is 0 Å². The Bertz CT molecular complexity index is 680. The van der Waals surface area contributed by atoms with Crippen LogP contribution < -0.4 is 11.5 Å². The molecular formula is C16H22N4O6. The van der Waals surface area contributed by atoms with E-state index in [9.17, 15) is 4.79 Å². The molecule has 0 fully saturated rings. The Kier molecular flexibility index (Phi) is 13.0. The molecule has 10 heteroatoms. The number of carboxylic acids is 1. The standard InChI is InChI=1S/C7H7NO2.C7H9N.2CH3NO2/c8-6-4-2-1-3-5(6)7(9)10;1-6-4-2-3-5-7(6)8;2*1-2(3)4/h1-4H,8H2,(H,9,10);2-5H,8H2,1H3;2*1H3. The van der Waals surface area contributed by atoms with Crippen LogP contribution in [0, 0.1) is 27.2 Å². The second-order valence-corrected chi connectivity index (χ2v) is 4.63. The van der Waals surface area contributed by atoms with Crippen LogP contribution in [0.5, 0.6) is 0 Å². The smallest absolute Gasteiger partial charge is 0.337 e. The third-order valence-corrected chi connectivity index (χ3v) is 2.38. The van der Waals surface area contributed by atoms with Crippen LogP contribution in [-0.4, -0.2) is 35.0 Å². The molecule has 0 spiro atoms. The molecule has 0 aliphatic rings. The van der Waals surface area contributed by atoms with Gasteiger partial charge in [0.1, 0.15) is 0 Å². The Morgan fingerprint density at radius 3 is 1.46 bits per heavy atom. The van der Waals surface area contributed by atoms with Crippen molar-refractivity contribution in [3.8, 4) is 0 Å². The predicted octanol–water partition coefficient (Wildman–Crippen LogP) is 2.33. The molecule has 0 aliphatic heterocycles. The Labute approximate surface area is 150 Å². The number of carbonyl (C=O) groups is 1. The van der Waals surface area contributed by atoms with Crippen LogP contribution >= 0.6 is 0 Å². The zero-order valence-electron chi connectivity index (χ0n) is 14.7. The Hall–Kier alpha value is -3.69. The van der Waals surface area contributed by atoms with Crippen molar-refractivity contribution in [2.24, 2.45) is 0 Å². The SMILES string of the molecule is C[N+](=O)[O-].C[N+](=O)[O-].Cc1ccccc1N.Nc1ccccc1C(=O)O. The predicted molar refractivity (Wildman–Crippen MR) is 99.2 cm³/mol. The first kappa shape index (κ1) is 24.6. The molecule has 2 rings (SSSR count). The fraction of sp³-hybridized carbons (Fsp3) is 0.188. The van der Waals surface area contributed by atoms with E-state index in [-0.39, 0.29) is 5.56 Å². The van der Waals surface area contributed by atoms with Crippen LogP contribution in [0.1, 0.15) is 15.9 Å². The van der Waals surface area contributed by atoms with E-state index in [1.165, 1.54) is 6.07 Å². The number of nitro groups is 2. The summed E-state index contributed by atoms with van der Waals surface area (Å²) >= 11 is 0. The summed E-state index contributed by atoms with van der Waals surface area (Å²) in [4.78, 5) is 27.0. The van der Waals surface area contributed by atoms with Crippen molar-refractivity contribution in [2.45, 2.75) is 6.92 Å². The monoisotopic (exact) mass is 366 g/mol. The lowest BCUT2D eigenvalue weighted by Crippen LogP contribution is -2.00. The molecule has 0 unspecified atom stereocenters. The van der Waals surface area contributed by atoms with Crippen LogP contribution in [0.25, 0.3) is 0 Å². The molecule has 10 nitrogen and oxygen atoms in total. The third-order valence-electron chi connectivity index (χ3n) is 2.38. The van der Waals surface area contributed by atoms with Crippen molar-refractivity contribution in [3.63, 3.8) is 0 Å². The molecule has 0 bridgehead atoms. The average Bonchev–Trinajstić information content (AvgIpc) is 2.50. The largest absolute Gasteiger partial charge is 0.478 e. The van der Waals surface area contributed by atoms with Gasteiger partial charge in [0.15, 0.2) is 14.1 Å². The first-order chi connectivity index (χ1) is 12.0. The van der Waals surface area contributed by atoms with Gasteiger partial charge >= 0.3 is 5.97 Å². The van der Waals surface area contributed by atoms with Crippen LogP contribution in [0.4, 0.5) is 11.4 Å². The molecule has 2 aromatic carbocycles. The number of para-hydroxylation sites is 2. The molecule has 0 saturated carbocycles. The quantitative estimate of drug-likeness (QED) is 0.391. The number of nitrogens with two attached hydrogens (primary N) is 2. The van der Waals surface area contributed by atoms with Gasteiger partial charge in [-0.05, 0) is 30.7 Å². The summed E-state index contributed by atoms with van der Waals surface area (Å²) in [5, 5.41) is 26.1. The Morgan fingerprint density at radius 2 is 1.23 bits per heavy atom. The molecule has 0 aliphatic carbocycles. The normalized spacial score (nSPS) is 8.27. The van der Waals surface area contributed by atoms with E-state index in [0.717, 1.165) is 25.3 Å². The summed E-state index contributed by atoms with van der Waals surface area (Å²) in [6, 6.07) is 14.2. The second kappa shape index (κ2) is 13.7. The minimum Gasteiger partial charge on any atom is -0.478 e. The van der Waals surface area contributed by atoms with E-state index in [1.54, 1.807) is 18.2 Å². The highest BCUT2D eigenvalue weighted by Gasteiger charge is 2.03. The number of nitrogen functional groups attached to an aromatic ring is 2. The van der Waals surface area contributed by atoms with Gasteiger partial charge in [0.25, 0.3) is 0 Å². The summed E-state index contributed by atoms with van der Waals surface area (Å²) in [7, 11) is 1.78. The third kappa shape index (κ3) is 15.2. The molecule has 2 aromatic rings. The molecule has 142 valence electrons. The van der Waals surface area contributed by atoms with E-state index >= 15 is 0 Å². The van der Waals surface area contributed by atoms with Crippen LogP contribution in [0.2, 0.25) is 0 Å². The lowest BCUT2D eigenvalue weighted by Gasteiger charge is -1.96. The number of carboxylic acid groups (broad SMARTS) is 1. The number of nitrogens with zero attached hydrogens (tertiary/aromatic N) is 2. The van der Waals surface area contributed by atoms with Gasteiger partial charge in [-0.1, -0.05) is 30.3 Å². The van der Waals surface area contributed by atoms with Gasteiger partial charge in [-0.15, -0.1) is 0 Å². The number of benzene rings is 2. The lowest BCUT2D eigenvalue weighted by atomic mass is 10.2. The maximum absolute atomic E-state index is 10.3. The molecule has 0 saturated heterocycles. The number of rotatable bonds is 1. The molecule has 26 heavy (non-hydrogen) atoms. The number of hydrogen-bond acceptors (Lipinski definition) is 7. The fourth-order valence-corrected chi connectivity index (χ4v) is 1.28. The molecule has 5 N–H and O–H groups in total. The molecule has 0 aromatic heterocycles. The van der Waals surface area contributed by atoms with E-state index in [2.05, 4.69) is 0 Å². The van der Waals surface area contributed by atoms with Crippen LogP contribution in [0.3, 0.4) is 0 Å². The van der Waals surface area contributed by atoms with Crippen molar-refractivity contribution >= 4 is 17.3 Å². The number of aromatic carboxylic acids is 1. The number of hydrogen-bond donors (Lipinski definition) is 3. The summed E-state index contributed by atoms with van der Waals surface area (Å²) in [5.41, 5.74) is 13.3. The molecule has 0 amide bonds. The molecule has 0 heterocycles. The van der Waals surface area contributed by atoms with Crippen molar-refractivity contribution in [1.82, 2.24) is 0 Å². The summed E-state index contributed by atoms with van der Waals surface area (Å²) < 4.78 is 0. The first-order valence-corrected chi connectivity index (χ1v) is 7.03. The van der Waals surface area contributed by atoms with Gasteiger partial charge < -0.3 is 16.6 Å². The molecule has 0 atom stereocenters. The minimum atomic E-state index is -0.988. The molecular weight excluding hydrogens is 344 g/mol. The highest BCUT2D eigenvalue weighted by Crippen LogP contribution is 2.09. The van der Waals surface area contributed by atoms with E-state index in [0.29, 0.717) is 5.69 Å². The highest BCUT2D eigenvalue weighted by atomic mass is 16.6. The lowest BCUT2D eigenvalue weighted by molar-refractivity contribution is -0.445. The van der Waals surface area contributed by atoms with Crippen molar-refractivity contribution in [1.29, 1.82) is 0 Å². The summed E-state index contributed by atoms with van der Waals surface area (Å²) in [6.07, 6.45) is 0. The fourth-order valence-electron chi connectivity index (χ4n) is 1.28. The summed E-state index contributed by atoms with van der Waals surface area (Å²) in [6.45, 7) is 2.00. The van der Waals surface area contributed by atoms with E-state index in [4.69, 9.17) is 36.8 Å². The van der Waals surface area contributed by atoms with E-state index in [1.807, 2.05) is 31.2 Å². The minimum absolute atomic E-state index is 0.155. The first-order valence-electron chi connectivity index (χ1n) is 7.03. The van der Waals surface area contributed by atoms with Crippen molar-refractivity contribution in [2.75, 3.05) is 25.6 Å². The second-order valence-electron chi connectivity index (χ2n) is 4.63. The maximum atomic E-state index is 10.3. The van der Waals surface area contributed by atoms with Crippen molar-refractivity contribution < 1.29 is 19.7 Å². The zero-order valence-corrected chi connectivity index (χ0v) is 14.7. The highest BCUT2D eigenvalue weighted by molar-refractivity contribution is 5.93. The maximum Gasteiger partial charge on any atom is 0.337 e. The van der Waals surface area contributed by atoms with Gasteiger partial charge in [0.2, 0.25) is 0 Å². The molecule has 0 radical (unpaired) electrons. The van der Waals surface area contributed by atoms with Gasteiger partial charge in [-0.25, -0.2) is 4.79 Å². The Morgan fingerprint density at radius 1 is 0.885 bits per heavy atom.